The average Bonchev–Trinajstić information content (AvgIpc) is 2.09. The molecule has 0 aliphatic heterocycles. The maximum absolute atomic E-state index is 9.84. The Morgan fingerprint density at radius 1 is 1.33 bits per heavy atom. The second-order valence-corrected chi connectivity index (χ2v) is 2.28. The molecule has 0 amide bonds. The number of hydrogen-bond donors (Lipinski definition) is 0. The molecule has 0 unspecified atom stereocenters. The van der Waals surface area contributed by atoms with Crippen molar-refractivity contribution in [2.75, 3.05) is 0 Å². The SMILES string of the molecule is CC.Cc1cccc(CN=O)c1. The summed E-state index contributed by atoms with van der Waals surface area (Å²) < 4.78 is 0. The van der Waals surface area contributed by atoms with Gasteiger partial charge in [0.05, 0.1) is 0 Å². The maximum Gasteiger partial charge on any atom is 0.106 e. The molecule has 0 spiro atoms. The smallest absolute Gasteiger partial charge is 0.106 e. The molecule has 0 saturated heterocycles. The van der Waals surface area contributed by atoms with E-state index in [2.05, 4.69) is 5.18 Å². The monoisotopic (exact) mass is 165 g/mol. The molecule has 0 aliphatic rings. The highest BCUT2D eigenvalue weighted by Crippen LogP contribution is 2.04. The van der Waals surface area contributed by atoms with Crippen LogP contribution in [0.25, 0.3) is 0 Å². The summed E-state index contributed by atoms with van der Waals surface area (Å²) in [6.07, 6.45) is 0. The zero-order valence-corrected chi connectivity index (χ0v) is 7.87. The van der Waals surface area contributed by atoms with Crippen LogP contribution in [-0.2, 0) is 6.54 Å². The molecule has 0 N–H and O–H groups in total. The van der Waals surface area contributed by atoms with E-state index in [1.807, 2.05) is 45.0 Å². The molecule has 0 fully saturated rings. The van der Waals surface area contributed by atoms with Crippen LogP contribution in [0.3, 0.4) is 0 Å². The minimum absolute atomic E-state index is 0.279. The molecule has 0 aliphatic carbocycles. The molecule has 12 heavy (non-hydrogen) atoms. The lowest BCUT2D eigenvalue weighted by Gasteiger charge is -1.94. The molecule has 0 heterocycles. The topological polar surface area (TPSA) is 29.4 Å². The number of aryl methyl sites for hydroxylation is 1. The Morgan fingerprint density at radius 3 is 2.50 bits per heavy atom. The Bertz CT molecular complexity index is 233. The first-order valence-corrected chi connectivity index (χ1v) is 4.17. The third-order valence-corrected chi connectivity index (χ3v) is 1.33. The molecule has 2 nitrogen and oxygen atoms in total. The third kappa shape index (κ3) is 3.86. The Morgan fingerprint density at radius 2 is 2.00 bits per heavy atom. The number of benzene rings is 1. The molecule has 66 valence electrons. The molecule has 1 aromatic carbocycles. The lowest BCUT2D eigenvalue weighted by molar-refractivity contribution is 1.05. The number of hydrogen-bond acceptors (Lipinski definition) is 2. The minimum atomic E-state index is 0.279. The van der Waals surface area contributed by atoms with Crippen LogP contribution in [0.4, 0.5) is 0 Å². The third-order valence-electron chi connectivity index (χ3n) is 1.33. The van der Waals surface area contributed by atoms with E-state index >= 15 is 0 Å². The average molecular weight is 165 g/mol. The number of rotatable bonds is 2. The van der Waals surface area contributed by atoms with Gasteiger partial charge in [-0.3, -0.25) is 0 Å². The lowest BCUT2D eigenvalue weighted by atomic mass is 10.1. The van der Waals surface area contributed by atoms with Gasteiger partial charge in [0.15, 0.2) is 0 Å². The summed E-state index contributed by atoms with van der Waals surface area (Å²) in [6.45, 7) is 6.27. The van der Waals surface area contributed by atoms with Crippen LogP contribution in [0, 0.1) is 11.8 Å². The molecule has 0 aromatic heterocycles. The highest BCUT2D eigenvalue weighted by Gasteiger charge is 1.89. The summed E-state index contributed by atoms with van der Waals surface area (Å²) in [7, 11) is 0. The van der Waals surface area contributed by atoms with Crippen LogP contribution in [0.1, 0.15) is 25.0 Å². The van der Waals surface area contributed by atoms with E-state index in [-0.39, 0.29) is 6.54 Å². The van der Waals surface area contributed by atoms with E-state index in [0.29, 0.717) is 0 Å². The van der Waals surface area contributed by atoms with Gasteiger partial charge in [-0.25, -0.2) is 0 Å². The van der Waals surface area contributed by atoms with Gasteiger partial charge < -0.3 is 0 Å². The van der Waals surface area contributed by atoms with Gasteiger partial charge in [0.25, 0.3) is 0 Å². The Labute approximate surface area is 73.6 Å². The van der Waals surface area contributed by atoms with Gasteiger partial charge in [0.2, 0.25) is 0 Å². The van der Waals surface area contributed by atoms with Crippen LogP contribution in [0.2, 0.25) is 0 Å². The van der Waals surface area contributed by atoms with E-state index < -0.39 is 0 Å². The lowest BCUT2D eigenvalue weighted by Crippen LogP contribution is -1.80. The zero-order valence-electron chi connectivity index (χ0n) is 7.87. The molecule has 0 radical (unpaired) electrons. The van der Waals surface area contributed by atoms with Gasteiger partial charge in [-0.2, -0.15) is 4.91 Å². The van der Waals surface area contributed by atoms with Crippen molar-refractivity contribution in [2.24, 2.45) is 5.18 Å². The van der Waals surface area contributed by atoms with Crippen molar-refractivity contribution >= 4 is 0 Å². The Kier molecular flexibility index (Phi) is 5.88. The van der Waals surface area contributed by atoms with Gasteiger partial charge in [-0.15, -0.1) is 0 Å². The Balaban J connectivity index is 0.000000561. The second-order valence-electron chi connectivity index (χ2n) is 2.28. The number of nitroso groups, excluding NO2 is 1. The largest absolute Gasteiger partial charge is 0.150 e. The van der Waals surface area contributed by atoms with Crippen LogP contribution >= 0.6 is 0 Å². The van der Waals surface area contributed by atoms with Gasteiger partial charge in [0, 0.05) is 0 Å². The molecule has 1 aromatic rings. The summed E-state index contributed by atoms with van der Waals surface area (Å²) in [4.78, 5) is 9.84. The molecule has 2 heteroatoms. The molecule has 0 saturated carbocycles. The van der Waals surface area contributed by atoms with E-state index in [1.165, 1.54) is 5.56 Å². The van der Waals surface area contributed by atoms with Crippen LogP contribution in [-0.4, -0.2) is 0 Å². The van der Waals surface area contributed by atoms with Gasteiger partial charge >= 0.3 is 0 Å². The van der Waals surface area contributed by atoms with Crippen molar-refractivity contribution in [3.63, 3.8) is 0 Å². The predicted octanol–water partition coefficient (Wildman–Crippen LogP) is 3.29. The first-order chi connectivity index (χ1) is 5.83. The van der Waals surface area contributed by atoms with E-state index in [1.54, 1.807) is 0 Å². The first kappa shape index (κ1) is 10.8. The normalized spacial score (nSPS) is 8.25. The van der Waals surface area contributed by atoms with E-state index in [4.69, 9.17) is 0 Å². The standard InChI is InChI=1S/C8H9NO.C2H6/c1-7-3-2-4-8(5-7)6-9-10;1-2/h2-5H,6H2,1H3;1-2H3. The molecular weight excluding hydrogens is 150 g/mol. The molecule has 1 rings (SSSR count). The molecule has 0 bridgehead atoms. The van der Waals surface area contributed by atoms with Crippen LogP contribution in [0.15, 0.2) is 29.4 Å². The quantitative estimate of drug-likeness (QED) is 0.618. The van der Waals surface area contributed by atoms with Crippen molar-refractivity contribution in [2.45, 2.75) is 27.3 Å². The summed E-state index contributed by atoms with van der Waals surface area (Å²) in [5.41, 5.74) is 2.15. The second kappa shape index (κ2) is 6.53. The number of nitrogens with zero attached hydrogens (tertiary/aromatic N) is 1. The van der Waals surface area contributed by atoms with Crippen molar-refractivity contribution in [1.82, 2.24) is 0 Å². The zero-order chi connectivity index (χ0) is 9.40. The van der Waals surface area contributed by atoms with Crippen molar-refractivity contribution in [3.05, 3.63) is 40.3 Å². The van der Waals surface area contributed by atoms with Crippen molar-refractivity contribution in [3.8, 4) is 0 Å². The van der Waals surface area contributed by atoms with Crippen molar-refractivity contribution < 1.29 is 0 Å². The summed E-state index contributed by atoms with van der Waals surface area (Å²) in [5.74, 6) is 0. The fraction of sp³-hybridized carbons (Fsp3) is 0.400. The van der Waals surface area contributed by atoms with Gasteiger partial charge in [-0.05, 0) is 12.5 Å². The fourth-order valence-electron chi connectivity index (χ4n) is 0.885. The van der Waals surface area contributed by atoms with E-state index in [9.17, 15) is 4.91 Å². The van der Waals surface area contributed by atoms with Crippen molar-refractivity contribution in [1.29, 1.82) is 0 Å². The van der Waals surface area contributed by atoms with Crippen LogP contribution < -0.4 is 0 Å². The highest BCUT2D eigenvalue weighted by molar-refractivity contribution is 5.21. The highest BCUT2D eigenvalue weighted by atomic mass is 16.3. The van der Waals surface area contributed by atoms with Gasteiger partial charge in [-0.1, -0.05) is 48.9 Å². The fourth-order valence-corrected chi connectivity index (χ4v) is 0.885. The first-order valence-electron chi connectivity index (χ1n) is 4.17. The van der Waals surface area contributed by atoms with Gasteiger partial charge in [0.1, 0.15) is 6.54 Å². The molecule has 0 atom stereocenters. The van der Waals surface area contributed by atoms with E-state index in [0.717, 1.165) is 5.56 Å². The summed E-state index contributed by atoms with van der Waals surface area (Å²) in [6, 6.07) is 7.78. The minimum Gasteiger partial charge on any atom is -0.150 e. The molecular formula is C10H15NO. The summed E-state index contributed by atoms with van der Waals surface area (Å²) >= 11 is 0. The predicted molar refractivity (Wildman–Crippen MR) is 52.0 cm³/mol. The van der Waals surface area contributed by atoms with Crippen LogP contribution in [0.5, 0.6) is 0 Å². The summed E-state index contributed by atoms with van der Waals surface area (Å²) in [5, 5.41) is 2.80. The Hall–Kier alpha value is -1.18. The maximum atomic E-state index is 9.84.